The molecule has 1 aliphatic heterocycles. The molecule has 2 heterocycles. The number of morpholine rings is 1. The largest absolute Gasteiger partial charge is 0.378 e. The van der Waals surface area contributed by atoms with E-state index in [1.165, 1.54) is 18.5 Å². The van der Waals surface area contributed by atoms with Crippen molar-refractivity contribution in [1.29, 1.82) is 0 Å². The molecular weight excluding hydrogens is 324 g/mol. The highest BCUT2D eigenvalue weighted by Crippen LogP contribution is 2.16. The second-order valence-corrected chi connectivity index (χ2v) is 5.48. The van der Waals surface area contributed by atoms with Gasteiger partial charge in [-0.2, -0.15) is 5.10 Å². The van der Waals surface area contributed by atoms with Crippen LogP contribution >= 0.6 is 0 Å². The van der Waals surface area contributed by atoms with Crippen LogP contribution in [0.4, 0.5) is 17.3 Å². The number of hydrogen-bond donors (Lipinski definition) is 1. The summed E-state index contributed by atoms with van der Waals surface area (Å²) in [7, 11) is 0. The Balaban J connectivity index is 1.72. The Bertz CT molecular complexity index is 789. The van der Waals surface area contributed by atoms with Crippen molar-refractivity contribution in [2.45, 2.75) is 6.92 Å². The highest BCUT2D eigenvalue weighted by atomic mass is 16.6. The lowest BCUT2D eigenvalue weighted by Gasteiger charge is -2.27. The van der Waals surface area contributed by atoms with Gasteiger partial charge in [-0.05, 0) is 6.92 Å². The molecule has 2 aromatic rings. The summed E-state index contributed by atoms with van der Waals surface area (Å²) < 4.78 is 5.34. The number of nitro benzene ring substituents is 1. The maximum absolute atomic E-state index is 10.9. The van der Waals surface area contributed by atoms with Crippen molar-refractivity contribution in [1.82, 2.24) is 9.97 Å². The van der Waals surface area contributed by atoms with Gasteiger partial charge >= 0.3 is 0 Å². The number of ether oxygens (including phenoxy) is 1. The first kappa shape index (κ1) is 16.8. The fourth-order valence-electron chi connectivity index (χ4n) is 2.42. The number of rotatable bonds is 5. The van der Waals surface area contributed by atoms with E-state index in [1.54, 1.807) is 19.1 Å². The Labute approximate surface area is 144 Å². The van der Waals surface area contributed by atoms with Crippen molar-refractivity contribution in [3.63, 3.8) is 0 Å². The molecule has 9 heteroatoms. The summed E-state index contributed by atoms with van der Waals surface area (Å²) >= 11 is 0. The average Bonchev–Trinajstić information content (AvgIpc) is 2.67. The predicted molar refractivity (Wildman–Crippen MR) is 94.0 cm³/mol. The molecule has 0 spiro atoms. The first-order chi connectivity index (χ1) is 12.1. The normalized spacial score (nSPS) is 15.1. The minimum atomic E-state index is -0.427. The van der Waals surface area contributed by atoms with E-state index in [2.05, 4.69) is 25.4 Å². The fourth-order valence-corrected chi connectivity index (χ4v) is 2.42. The van der Waals surface area contributed by atoms with Gasteiger partial charge in [-0.1, -0.05) is 12.1 Å². The van der Waals surface area contributed by atoms with E-state index in [-0.39, 0.29) is 5.69 Å². The molecule has 0 saturated carbocycles. The molecular formula is C16H18N6O3. The topological polar surface area (TPSA) is 106 Å². The van der Waals surface area contributed by atoms with Gasteiger partial charge < -0.3 is 9.64 Å². The van der Waals surface area contributed by atoms with E-state index in [0.717, 1.165) is 18.9 Å². The molecule has 0 unspecified atom stereocenters. The van der Waals surface area contributed by atoms with Gasteiger partial charge in [0.1, 0.15) is 12.1 Å². The molecule has 0 bridgehead atoms. The van der Waals surface area contributed by atoms with Crippen molar-refractivity contribution in [2.75, 3.05) is 36.6 Å². The molecule has 25 heavy (non-hydrogen) atoms. The number of non-ortho nitro benzene ring substituents is 1. The third-order valence-electron chi connectivity index (χ3n) is 3.80. The van der Waals surface area contributed by atoms with Crippen LogP contribution in [0.1, 0.15) is 12.5 Å². The second-order valence-electron chi connectivity index (χ2n) is 5.48. The van der Waals surface area contributed by atoms with E-state index in [1.807, 2.05) is 6.07 Å². The summed E-state index contributed by atoms with van der Waals surface area (Å²) in [4.78, 5) is 21.0. The quantitative estimate of drug-likeness (QED) is 0.503. The molecule has 0 amide bonds. The molecule has 9 nitrogen and oxygen atoms in total. The number of aromatic nitrogens is 2. The van der Waals surface area contributed by atoms with Gasteiger partial charge in [0.2, 0.25) is 0 Å². The number of anilines is 2. The highest BCUT2D eigenvalue weighted by Gasteiger charge is 2.13. The van der Waals surface area contributed by atoms with E-state index >= 15 is 0 Å². The molecule has 0 aliphatic carbocycles. The summed E-state index contributed by atoms with van der Waals surface area (Å²) in [6.45, 7) is 4.70. The molecule has 0 radical (unpaired) electrons. The molecule has 0 atom stereocenters. The average molecular weight is 342 g/mol. The van der Waals surface area contributed by atoms with E-state index in [0.29, 0.717) is 30.3 Å². The van der Waals surface area contributed by atoms with Crippen LogP contribution in [0.15, 0.2) is 41.8 Å². The van der Waals surface area contributed by atoms with Crippen LogP contribution in [-0.4, -0.2) is 46.9 Å². The lowest BCUT2D eigenvalue weighted by molar-refractivity contribution is -0.384. The van der Waals surface area contributed by atoms with E-state index in [9.17, 15) is 10.1 Å². The maximum Gasteiger partial charge on any atom is 0.270 e. The molecule has 3 rings (SSSR count). The minimum Gasteiger partial charge on any atom is -0.378 e. The highest BCUT2D eigenvalue weighted by molar-refractivity contribution is 5.99. The smallest absolute Gasteiger partial charge is 0.270 e. The fraction of sp³-hybridized carbons (Fsp3) is 0.312. The number of nitro groups is 1. The van der Waals surface area contributed by atoms with Crippen molar-refractivity contribution in [3.05, 3.63) is 52.3 Å². The Morgan fingerprint density at radius 2 is 2.12 bits per heavy atom. The minimum absolute atomic E-state index is 0.0312. The Kier molecular flexibility index (Phi) is 5.14. The lowest BCUT2D eigenvalue weighted by Crippen LogP contribution is -2.36. The molecule has 1 aliphatic rings. The number of hydrazone groups is 1. The van der Waals surface area contributed by atoms with Crippen molar-refractivity contribution >= 4 is 23.0 Å². The zero-order valence-corrected chi connectivity index (χ0v) is 13.8. The van der Waals surface area contributed by atoms with Crippen LogP contribution in [0.5, 0.6) is 0 Å². The SMILES string of the molecule is C/C(=N/Nc1cc(N2CCOCC2)ncn1)c1cccc([N+](=O)[O-])c1. The maximum atomic E-state index is 10.9. The van der Waals surface area contributed by atoms with Gasteiger partial charge in [0, 0.05) is 36.9 Å². The Hall–Kier alpha value is -3.07. The molecule has 130 valence electrons. The summed E-state index contributed by atoms with van der Waals surface area (Å²) in [5.41, 5.74) is 4.20. The van der Waals surface area contributed by atoms with Crippen LogP contribution < -0.4 is 10.3 Å². The molecule has 1 aromatic carbocycles. The Morgan fingerprint density at radius 1 is 1.32 bits per heavy atom. The zero-order valence-electron chi connectivity index (χ0n) is 13.8. The lowest BCUT2D eigenvalue weighted by atomic mass is 10.1. The van der Waals surface area contributed by atoms with Crippen molar-refractivity contribution < 1.29 is 9.66 Å². The third-order valence-corrected chi connectivity index (χ3v) is 3.80. The first-order valence-corrected chi connectivity index (χ1v) is 7.83. The van der Waals surface area contributed by atoms with Crippen LogP contribution in [0, 0.1) is 10.1 Å². The van der Waals surface area contributed by atoms with Gasteiger partial charge in [0.05, 0.1) is 23.8 Å². The van der Waals surface area contributed by atoms with Gasteiger partial charge in [0.25, 0.3) is 5.69 Å². The molecule has 1 aromatic heterocycles. The molecule has 1 saturated heterocycles. The number of benzene rings is 1. The third kappa shape index (κ3) is 4.27. The number of nitrogens with zero attached hydrogens (tertiary/aromatic N) is 5. The van der Waals surface area contributed by atoms with Gasteiger partial charge in [-0.3, -0.25) is 15.5 Å². The van der Waals surface area contributed by atoms with Gasteiger partial charge in [-0.25, -0.2) is 9.97 Å². The van der Waals surface area contributed by atoms with E-state index < -0.39 is 4.92 Å². The zero-order chi connectivity index (χ0) is 17.6. The van der Waals surface area contributed by atoms with E-state index in [4.69, 9.17) is 4.74 Å². The first-order valence-electron chi connectivity index (χ1n) is 7.83. The summed E-state index contributed by atoms with van der Waals surface area (Å²) in [5.74, 6) is 1.37. The van der Waals surface area contributed by atoms with Crippen LogP contribution in [0.2, 0.25) is 0 Å². The monoisotopic (exact) mass is 342 g/mol. The number of hydrogen-bond acceptors (Lipinski definition) is 8. The summed E-state index contributed by atoms with van der Waals surface area (Å²) in [6.07, 6.45) is 1.48. The number of nitrogens with one attached hydrogen (secondary N) is 1. The van der Waals surface area contributed by atoms with Crippen molar-refractivity contribution in [3.8, 4) is 0 Å². The Morgan fingerprint density at radius 3 is 2.88 bits per heavy atom. The molecule has 1 fully saturated rings. The predicted octanol–water partition coefficient (Wildman–Crippen LogP) is 2.06. The van der Waals surface area contributed by atoms with Crippen LogP contribution in [0.25, 0.3) is 0 Å². The summed E-state index contributed by atoms with van der Waals surface area (Å²) in [5, 5.41) is 15.1. The van der Waals surface area contributed by atoms with Crippen LogP contribution in [-0.2, 0) is 4.74 Å². The van der Waals surface area contributed by atoms with Crippen molar-refractivity contribution in [2.24, 2.45) is 5.10 Å². The second kappa shape index (κ2) is 7.67. The van der Waals surface area contributed by atoms with Gasteiger partial charge in [-0.15, -0.1) is 0 Å². The van der Waals surface area contributed by atoms with Crippen LogP contribution in [0.3, 0.4) is 0 Å². The standard InChI is InChI=1S/C16H18N6O3/c1-12(13-3-2-4-14(9-13)22(23)24)19-20-15-10-16(18-11-17-15)21-5-7-25-8-6-21/h2-4,9-11H,5-8H2,1H3,(H,17,18,20)/b19-12-. The van der Waals surface area contributed by atoms with Gasteiger partial charge in [0.15, 0.2) is 5.82 Å². The molecule has 1 N–H and O–H groups in total. The summed E-state index contributed by atoms with van der Waals surface area (Å²) in [6, 6.07) is 8.15.